The first-order chi connectivity index (χ1) is 14.9. The molecule has 170 valence electrons. The molecule has 2 aromatic carbocycles. The molecule has 1 heterocycles. The number of carboxylic acids is 1. The van der Waals surface area contributed by atoms with Crippen LogP contribution < -0.4 is 4.72 Å². The maximum absolute atomic E-state index is 12.7. The highest BCUT2D eigenvalue weighted by molar-refractivity contribution is 7.89. The van der Waals surface area contributed by atoms with E-state index in [2.05, 4.69) is 30.5 Å². The van der Waals surface area contributed by atoms with Crippen molar-refractivity contribution in [2.75, 3.05) is 6.54 Å². The van der Waals surface area contributed by atoms with Crippen LogP contribution in [0.2, 0.25) is 0 Å². The van der Waals surface area contributed by atoms with Crippen molar-refractivity contribution in [3.63, 3.8) is 0 Å². The zero-order valence-corrected chi connectivity index (χ0v) is 19.7. The van der Waals surface area contributed by atoms with E-state index < -0.39 is 16.0 Å². The number of aromatic nitrogens is 1. The first-order valence-electron chi connectivity index (χ1n) is 10.3. The first kappa shape index (κ1) is 23.7. The summed E-state index contributed by atoms with van der Waals surface area (Å²) in [7, 11) is -3.86. The van der Waals surface area contributed by atoms with Crippen molar-refractivity contribution in [1.29, 1.82) is 0 Å². The topological polar surface area (TPSA) is 110 Å². The lowest BCUT2D eigenvalue weighted by Gasteiger charge is -2.18. The standard InChI is InChI=1S/C24H28N2O5S/c1-15-12-20(13-21(16(15)2)23(27)28)32(29,30)25-11-10-19-14-31-22(26-19)17-6-8-18(9-7-17)24(3,4)5/h6-9,12-14,25H,10-11H2,1-5H3,(H,27,28). The molecule has 0 amide bonds. The van der Waals surface area contributed by atoms with Crippen LogP contribution in [0.4, 0.5) is 0 Å². The number of nitrogens with zero attached hydrogens (tertiary/aromatic N) is 1. The molecule has 1 aromatic heterocycles. The number of oxazole rings is 1. The molecule has 0 radical (unpaired) electrons. The van der Waals surface area contributed by atoms with Crippen molar-refractivity contribution < 1.29 is 22.7 Å². The molecule has 0 aliphatic heterocycles. The molecule has 0 fully saturated rings. The largest absolute Gasteiger partial charge is 0.478 e. The molecule has 0 aliphatic rings. The van der Waals surface area contributed by atoms with Gasteiger partial charge >= 0.3 is 5.97 Å². The van der Waals surface area contributed by atoms with Crippen LogP contribution in [-0.4, -0.2) is 31.0 Å². The van der Waals surface area contributed by atoms with Gasteiger partial charge in [0, 0.05) is 18.5 Å². The third kappa shape index (κ3) is 5.26. The van der Waals surface area contributed by atoms with Gasteiger partial charge in [0.15, 0.2) is 0 Å². The van der Waals surface area contributed by atoms with Gasteiger partial charge in [0.05, 0.1) is 16.2 Å². The van der Waals surface area contributed by atoms with Gasteiger partial charge in [-0.2, -0.15) is 0 Å². The number of carboxylic acid groups (broad SMARTS) is 1. The quantitative estimate of drug-likeness (QED) is 0.543. The van der Waals surface area contributed by atoms with E-state index in [4.69, 9.17) is 4.42 Å². The average Bonchev–Trinajstić information content (AvgIpc) is 3.17. The van der Waals surface area contributed by atoms with Gasteiger partial charge in [-0.1, -0.05) is 32.9 Å². The van der Waals surface area contributed by atoms with Crippen LogP contribution in [0.5, 0.6) is 0 Å². The first-order valence-corrected chi connectivity index (χ1v) is 11.8. The van der Waals surface area contributed by atoms with E-state index in [-0.39, 0.29) is 22.4 Å². The van der Waals surface area contributed by atoms with Crippen molar-refractivity contribution in [2.45, 2.75) is 51.3 Å². The van der Waals surface area contributed by atoms with Crippen LogP contribution in [0.15, 0.2) is 52.0 Å². The van der Waals surface area contributed by atoms with E-state index in [1.807, 2.05) is 24.3 Å². The lowest BCUT2D eigenvalue weighted by molar-refractivity contribution is 0.0695. The summed E-state index contributed by atoms with van der Waals surface area (Å²) in [6, 6.07) is 10.7. The van der Waals surface area contributed by atoms with E-state index in [0.717, 1.165) is 5.56 Å². The fourth-order valence-corrected chi connectivity index (χ4v) is 4.41. The summed E-state index contributed by atoms with van der Waals surface area (Å²) in [5.74, 6) is -0.683. The van der Waals surface area contributed by atoms with Crippen LogP contribution in [0.25, 0.3) is 11.5 Å². The second kappa shape index (κ2) is 8.88. The second-order valence-corrected chi connectivity index (χ2v) is 10.6. The number of aryl methyl sites for hydroxylation is 1. The number of nitrogens with one attached hydrogen (secondary N) is 1. The average molecular weight is 457 g/mol. The monoisotopic (exact) mass is 456 g/mol. The Morgan fingerprint density at radius 3 is 2.38 bits per heavy atom. The van der Waals surface area contributed by atoms with Crippen LogP contribution >= 0.6 is 0 Å². The zero-order valence-electron chi connectivity index (χ0n) is 18.9. The Hall–Kier alpha value is -2.97. The van der Waals surface area contributed by atoms with Crippen LogP contribution in [0, 0.1) is 13.8 Å². The maximum atomic E-state index is 12.7. The van der Waals surface area contributed by atoms with Gasteiger partial charge in [0.1, 0.15) is 6.26 Å². The Kier molecular flexibility index (Phi) is 6.57. The van der Waals surface area contributed by atoms with Crippen LogP contribution in [0.1, 0.15) is 53.5 Å². The molecule has 7 nitrogen and oxygen atoms in total. The number of rotatable bonds is 7. The van der Waals surface area contributed by atoms with Crippen molar-refractivity contribution in [2.24, 2.45) is 0 Å². The lowest BCUT2D eigenvalue weighted by Crippen LogP contribution is -2.26. The van der Waals surface area contributed by atoms with Gasteiger partial charge in [-0.25, -0.2) is 22.9 Å². The van der Waals surface area contributed by atoms with Gasteiger partial charge in [-0.05, 0) is 60.2 Å². The summed E-state index contributed by atoms with van der Waals surface area (Å²) in [5.41, 5.74) is 3.85. The van der Waals surface area contributed by atoms with E-state index in [1.54, 1.807) is 13.8 Å². The summed E-state index contributed by atoms with van der Waals surface area (Å²) < 4.78 is 33.4. The predicted molar refractivity (Wildman–Crippen MR) is 122 cm³/mol. The predicted octanol–water partition coefficient (Wildman–Crippen LogP) is 4.48. The molecule has 0 atom stereocenters. The normalized spacial score (nSPS) is 12.2. The second-order valence-electron chi connectivity index (χ2n) is 8.84. The molecule has 0 aliphatic carbocycles. The summed E-state index contributed by atoms with van der Waals surface area (Å²) >= 11 is 0. The molecule has 3 rings (SSSR count). The van der Waals surface area contributed by atoms with Gasteiger partial charge in [-0.15, -0.1) is 0 Å². The Morgan fingerprint density at radius 1 is 1.12 bits per heavy atom. The smallest absolute Gasteiger partial charge is 0.336 e. The minimum atomic E-state index is -3.86. The number of carbonyl (C=O) groups is 1. The molecule has 3 aromatic rings. The summed E-state index contributed by atoms with van der Waals surface area (Å²) in [6.07, 6.45) is 1.85. The van der Waals surface area contributed by atoms with Gasteiger partial charge in [0.25, 0.3) is 0 Å². The molecule has 8 heteroatoms. The van der Waals surface area contributed by atoms with E-state index in [0.29, 0.717) is 29.1 Å². The lowest BCUT2D eigenvalue weighted by atomic mass is 9.87. The Labute approximate surface area is 188 Å². The van der Waals surface area contributed by atoms with E-state index >= 15 is 0 Å². The fourth-order valence-electron chi connectivity index (χ4n) is 3.27. The van der Waals surface area contributed by atoms with Crippen LogP contribution in [-0.2, 0) is 21.9 Å². The van der Waals surface area contributed by atoms with Crippen molar-refractivity contribution >= 4 is 16.0 Å². The maximum Gasteiger partial charge on any atom is 0.336 e. The van der Waals surface area contributed by atoms with Gasteiger partial charge < -0.3 is 9.52 Å². The Bertz CT molecular complexity index is 1240. The highest BCUT2D eigenvalue weighted by Gasteiger charge is 2.20. The fraction of sp³-hybridized carbons (Fsp3) is 0.333. The van der Waals surface area contributed by atoms with Gasteiger partial charge in [-0.3, -0.25) is 0 Å². The molecule has 0 bridgehead atoms. The Balaban J connectivity index is 1.67. The van der Waals surface area contributed by atoms with Crippen molar-refractivity contribution in [3.8, 4) is 11.5 Å². The SMILES string of the molecule is Cc1cc(S(=O)(=O)NCCc2coc(-c3ccc(C(C)(C)C)cc3)n2)cc(C(=O)O)c1C. The Morgan fingerprint density at radius 2 is 1.78 bits per heavy atom. The summed E-state index contributed by atoms with van der Waals surface area (Å²) in [5, 5.41) is 9.32. The minimum Gasteiger partial charge on any atom is -0.478 e. The zero-order chi connectivity index (χ0) is 23.7. The summed E-state index contributed by atoms with van der Waals surface area (Å²) in [6.45, 7) is 9.88. The number of benzene rings is 2. The van der Waals surface area contributed by atoms with Crippen molar-refractivity contribution in [1.82, 2.24) is 9.71 Å². The van der Waals surface area contributed by atoms with E-state index in [1.165, 1.54) is 24.0 Å². The summed E-state index contributed by atoms with van der Waals surface area (Å²) in [4.78, 5) is 15.8. The molecule has 32 heavy (non-hydrogen) atoms. The third-order valence-electron chi connectivity index (χ3n) is 5.40. The molecular formula is C24H28N2O5S. The molecular weight excluding hydrogens is 428 g/mol. The van der Waals surface area contributed by atoms with Crippen LogP contribution in [0.3, 0.4) is 0 Å². The van der Waals surface area contributed by atoms with E-state index in [9.17, 15) is 18.3 Å². The van der Waals surface area contributed by atoms with Gasteiger partial charge in [0.2, 0.25) is 15.9 Å². The van der Waals surface area contributed by atoms with Crippen molar-refractivity contribution in [3.05, 3.63) is 70.6 Å². The minimum absolute atomic E-state index is 0.0241. The molecule has 0 saturated carbocycles. The molecule has 2 N–H and O–H groups in total. The highest BCUT2D eigenvalue weighted by atomic mass is 32.2. The molecule has 0 saturated heterocycles. The molecule has 0 unspecified atom stereocenters. The molecule has 0 spiro atoms. The number of sulfonamides is 1. The number of hydrogen-bond acceptors (Lipinski definition) is 5. The third-order valence-corrected chi connectivity index (χ3v) is 6.84. The highest BCUT2D eigenvalue weighted by Crippen LogP contribution is 2.26. The number of aromatic carboxylic acids is 1. The number of hydrogen-bond donors (Lipinski definition) is 2.